The van der Waals surface area contributed by atoms with Gasteiger partial charge in [0.2, 0.25) is 10.0 Å². The van der Waals surface area contributed by atoms with Gasteiger partial charge in [-0.2, -0.15) is 0 Å². The summed E-state index contributed by atoms with van der Waals surface area (Å²) in [4.78, 5) is 0.0348. The predicted molar refractivity (Wildman–Crippen MR) is 69.6 cm³/mol. The van der Waals surface area contributed by atoms with Crippen LogP contribution in [0.25, 0.3) is 10.8 Å². The van der Waals surface area contributed by atoms with Gasteiger partial charge in [-0.1, -0.05) is 30.2 Å². The Morgan fingerprint density at radius 3 is 2.50 bits per heavy atom. The molecule has 0 unspecified atom stereocenters. The summed E-state index contributed by atoms with van der Waals surface area (Å²) < 4.78 is 28.5. The molecule has 4 nitrogen and oxygen atoms in total. The number of terminal acetylenes is 1. The number of fused-ring (bicyclic) bond motifs is 1. The molecule has 2 aromatic carbocycles. The summed E-state index contributed by atoms with van der Waals surface area (Å²) in [5, 5.41) is 6.39. The number of hydrogen-bond donors (Lipinski definition) is 1. The van der Waals surface area contributed by atoms with E-state index >= 15 is 0 Å². The molecule has 0 aliphatic carbocycles. The third kappa shape index (κ3) is 2.30. The second-order valence-electron chi connectivity index (χ2n) is 3.65. The maximum atomic E-state index is 11.6. The number of ether oxygens (including phenoxy) is 1. The maximum absolute atomic E-state index is 11.6. The Balaban J connectivity index is 2.77. The summed E-state index contributed by atoms with van der Waals surface area (Å²) in [6.07, 6.45) is 5.13. The number of benzene rings is 2. The van der Waals surface area contributed by atoms with E-state index in [1.165, 1.54) is 6.07 Å². The van der Waals surface area contributed by atoms with Crippen molar-refractivity contribution >= 4 is 20.8 Å². The molecule has 18 heavy (non-hydrogen) atoms. The van der Waals surface area contributed by atoms with Crippen molar-refractivity contribution in [2.24, 2.45) is 5.14 Å². The summed E-state index contributed by atoms with van der Waals surface area (Å²) in [5.41, 5.74) is 0. The SMILES string of the molecule is C#CCOc1cccc2cccc(S(N)(=O)=O)c12. The predicted octanol–water partition coefficient (Wildman–Crippen LogP) is 1.50. The fourth-order valence-corrected chi connectivity index (χ4v) is 2.52. The van der Waals surface area contributed by atoms with Gasteiger partial charge in [0.25, 0.3) is 0 Å². The lowest BCUT2D eigenvalue weighted by atomic mass is 10.1. The van der Waals surface area contributed by atoms with E-state index in [0.29, 0.717) is 11.1 Å². The molecule has 5 heteroatoms. The van der Waals surface area contributed by atoms with E-state index in [9.17, 15) is 8.42 Å². The average molecular weight is 261 g/mol. The second kappa shape index (κ2) is 4.69. The highest BCUT2D eigenvalue weighted by Gasteiger charge is 2.15. The van der Waals surface area contributed by atoms with Gasteiger partial charge in [-0.15, -0.1) is 6.42 Å². The van der Waals surface area contributed by atoms with Gasteiger partial charge in [0.05, 0.1) is 4.90 Å². The summed E-state index contributed by atoms with van der Waals surface area (Å²) in [7, 11) is -3.81. The highest BCUT2D eigenvalue weighted by molar-refractivity contribution is 7.89. The lowest BCUT2D eigenvalue weighted by Crippen LogP contribution is -2.13. The van der Waals surface area contributed by atoms with Crippen LogP contribution in [0.15, 0.2) is 41.3 Å². The molecule has 0 atom stereocenters. The third-order valence-electron chi connectivity index (χ3n) is 2.45. The lowest BCUT2D eigenvalue weighted by molar-refractivity contribution is 0.374. The van der Waals surface area contributed by atoms with Crippen molar-refractivity contribution in [1.82, 2.24) is 0 Å². The van der Waals surface area contributed by atoms with Gasteiger partial charge in [-0.25, -0.2) is 13.6 Å². The first kappa shape index (κ1) is 12.4. The lowest BCUT2D eigenvalue weighted by Gasteiger charge is -2.10. The van der Waals surface area contributed by atoms with Crippen LogP contribution in [0.1, 0.15) is 0 Å². The van der Waals surface area contributed by atoms with E-state index in [4.69, 9.17) is 16.3 Å². The zero-order valence-electron chi connectivity index (χ0n) is 9.46. The molecule has 0 aromatic heterocycles. The van der Waals surface area contributed by atoms with E-state index in [0.717, 1.165) is 5.39 Å². The van der Waals surface area contributed by atoms with E-state index < -0.39 is 10.0 Å². The van der Waals surface area contributed by atoms with E-state index in [2.05, 4.69) is 5.92 Å². The van der Waals surface area contributed by atoms with Crippen molar-refractivity contribution in [2.75, 3.05) is 6.61 Å². The number of primary sulfonamides is 1. The van der Waals surface area contributed by atoms with E-state index in [1.54, 1.807) is 30.3 Å². The van der Waals surface area contributed by atoms with Gasteiger partial charge in [-0.3, -0.25) is 0 Å². The van der Waals surface area contributed by atoms with Crippen molar-refractivity contribution in [3.8, 4) is 18.1 Å². The van der Waals surface area contributed by atoms with Gasteiger partial charge < -0.3 is 4.74 Å². The monoisotopic (exact) mass is 261 g/mol. The Bertz CT molecular complexity index is 724. The molecule has 0 spiro atoms. The van der Waals surface area contributed by atoms with Gasteiger partial charge in [-0.05, 0) is 17.5 Å². The van der Waals surface area contributed by atoms with Crippen molar-refractivity contribution in [2.45, 2.75) is 4.90 Å². The quantitative estimate of drug-likeness (QED) is 0.851. The minimum Gasteiger partial charge on any atom is -0.480 e. The molecule has 2 N–H and O–H groups in total. The fraction of sp³-hybridized carbons (Fsp3) is 0.0769. The Morgan fingerprint density at radius 1 is 1.22 bits per heavy atom. The van der Waals surface area contributed by atoms with Crippen LogP contribution in [0.3, 0.4) is 0 Å². The smallest absolute Gasteiger partial charge is 0.238 e. The molecule has 0 amide bonds. The van der Waals surface area contributed by atoms with E-state index in [-0.39, 0.29) is 11.5 Å². The van der Waals surface area contributed by atoms with Crippen LogP contribution in [-0.2, 0) is 10.0 Å². The molecule has 2 aromatic rings. The van der Waals surface area contributed by atoms with Crippen LogP contribution in [0, 0.1) is 12.3 Å². The molecule has 0 radical (unpaired) electrons. The second-order valence-corrected chi connectivity index (χ2v) is 5.18. The summed E-state index contributed by atoms with van der Waals surface area (Å²) in [5.74, 6) is 2.75. The Morgan fingerprint density at radius 2 is 1.89 bits per heavy atom. The van der Waals surface area contributed by atoms with Crippen molar-refractivity contribution in [3.05, 3.63) is 36.4 Å². The zero-order valence-corrected chi connectivity index (χ0v) is 10.3. The van der Waals surface area contributed by atoms with Crippen molar-refractivity contribution in [1.29, 1.82) is 0 Å². The normalized spacial score (nSPS) is 11.1. The van der Waals surface area contributed by atoms with Crippen LogP contribution >= 0.6 is 0 Å². The molecular formula is C13H11NO3S. The van der Waals surface area contributed by atoms with E-state index in [1.807, 2.05) is 0 Å². The van der Waals surface area contributed by atoms with Gasteiger partial charge >= 0.3 is 0 Å². The van der Waals surface area contributed by atoms with Crippen LogP contribution in [0.4, 0.5) is 0 Å². The summed E-state index contributed by atoms with van der Waals surface area (Å²) >= 11 is 0. The Labute approximate surface area is 105 Å². The number of nitrogens with two attached hydrogens (primary N) is 1. The molecule has 0 heterocycles. The molecule has 92 valence electrons. The first-order chi connectivity index (χ1) is 8.54. The Kier molecular flexibility index (Phi) is 3.24. The van der Waals surface area contributed by atoms with Crippen LogP contribution < -0.4 is 9.88 Å². The van der Waals surface area contributed by atoms with Crippen molar-refractivity contribution < 1.29 is 13.2 Å². The number of rotatable bonds is 3. The summed E-state index contributed by atoms with van der Waals surface area (Å²) in [6.45, 7) is 0.0675. The third-order valence-corrected chi connectivity index (χ3v) is 3.40. The molecule has 0 aliphatic heterocycles. The first-order valence-corrected chi connectivity index (χ1v) is 6.69. The molecule has 0 bridgehead atoms. The Hall–Kier alpha value is -2.03. The molecule has 0 aliphatic rings. The molecule has 0 saturated heterocycles. The maximum Gasteiger partial charge on any atom is 0.238 e. The topological polar surface area (TPSA) is 69.4 Å². The summed E-state index contributed by atoms with van der Waals surface area (Å²) in [6, 6.07) is 10.1. The fourth-order valence-electron chi connectivity index (χ4n) is 1.75. The van der Waals surface area contributed by atoms with Crippen molar-refractivity contribution in [3.63, 3.8) is 0 Å². The minimum atomic E-state index is -3.81. The highest BCUT2D eigenvalue weighted by atomic mass is 32.2. The standard InChI is InChI=1S/C13H11NO3S/c1-2-9-17-11-7-3-5-10-6-4-8-12(13(10)11)18(14,15)16/h1,3-8H,9H2,(H2,14,15,16). The van der Waals surface area contributed by atoms with Gasteiger partial charge in [0.15, 0.2) is 0 Å². The molecule has 2 rings (SSSR count). The van der Waals surface area contributed by atoms with Crippen LogP contribution in [0.2, 0.25) is 0 Å². The molecule has 0 fully saturated rings. The molecule has 0 saturated carbocycles. The van der Waals surface area contributed by atoms with Gasteiger partial charge in [0, 0.05) is 5.39 Å². The zero-order chi connectivity index (χ0) is 13.2. The molecular weight excluding hydrogens is 250 g/mol. The van der Waals surface area contributed by atoms with Gasteiger partial charge in [0.1, 0.15) is 12.4 Å². The highest BCUT2D eigenvalue weighted by Crippen LogP contribution is 2.31. The van der Waals surface area contributed by atoms with Crippen LogP contribution in [0.5, 0.6) is 5.75 Å². The largest absolute Gasteiger partial charge is 0.480 e. The number of hydrogen-bond acceptors (Lipinski definition) is 3. The minimum absolute atomic E-state index is 0.0348. The average Bonchev–Trinajstić information content (AvgIpc) is 2.34. The van der Waals surface area contributed by atoms with Crippen LogP contribution in [-0.4, -0.2) is 15.0 Å². The first-order valence-electron chi connectivity index (χ1n) is 5.15. The number of sulfonamides is 1.